The lowest BCUT2D eigenvalue weighted by Crippen LogP contribution is -2.15. The SMILES string of the molecule is CCOC(=O)c1cc(C)sc1NC(=O)CCC(=O)c1ccc(C)cc1. The van der Waals surface area contributed by atoms with E-state index in [9.17, 15) is 14.4 Å². The van der Waals surface area contributed by atoms with Crippen LogP contribution in [0.4, 0.5) is 5.00 Å². The van der Waals surface area contributed by atoms with Gasteiger partial charge in [0.05, 0.1) is 12.2 Å². The normalized spacial score (nSPS) is 10.4. The molecule has 1 N–H and O–H groups in total. The van der Waals surface area contributed by atoms with Crippen molar-refractivity contribution in [1.29, 1.82) is 0 Å². The molecule has 25 heavy (non-hydrogen) atoms. The van der Waals surface area contributed by atoms with Crippen LogP contribution in [0.3, 0.4) is 0 Å². The molecule has 0 saturated heterocycles. The van der Waals surface area contributed by atoms with Crippen LogP contribution < -0.4 is 5.32 Å². The third kappa shape index (κ3) is 5.26. The number of benzene rings is 1. The van der Waals surface area contributed by atoms with Gasteiger partial charge in [0.1, 0.15) is 5.00 Å². The van der Waals surface area contributed by atoms with E-state index in [0.717, 1.165) is 10.4 Å². The van der Waals surface area contributed by atoms with Crippen LogP contribution in [0.1, 0.15) is 50.9 Å². The zero-order chi connectivity index (χ0) is 18.4. The lowest BCUT2D eigenvalue weighted by Gasteiger charge is -2.06. The molecule has 0 radical (unpaired) electrons. The maximum absolute atomic E-state index is 12.1. The van der Waals surface area contributed by atoms with E-state index in [-0.39, 0.29) is 31.1 Å². The molecule has 2 rings (SSSR count). The minimum Gasteiger partial charge on any atom is -0.462 e. The number of anilines is 1. The van der Waals surface area contributed by atoms with Gasteiger partial charge in [-0.05, 0) is 26.8 Å². The number of nitrogens with one attached hydrogen (secondary N) is 1. The summed E-state index contributed by atoms with van der Waals surface area (Å²) in [6.07, 6.45) is 0.180. The van der Waals surface area contributed by atoms with Gasteiger partial charge in [-0.15, -0.1) is 11.3 Å². The Bertz CT molecular complexity index is 777. The highest BCUT2D eigenvalue weighted by molar-refractivity contribution is 7.16. The van der Waals surface area contributed by atoms with Gasteiger partial charge in [0.15, 0.2) is 5.78 Å². The van der Waals surface area contributed by atoms with Gasteiger partial charge in [-0.3, -0.25) is 9.59 Å². The van der Waals surface area contributed by atoms with Gasteiger partial charge in [-0.1, -0.05) is 29.8 Å². The van der Waals surface area contributed by atoms with E-state index in [0.29, 0.717) is 16.1 Å². The van der Waals surface area contributed by atoms with E-state index in [1.165, 1.54) is 11.3 Å². The van der Waals surface area contributed by atoms with Crippen LogP contribution in [-0.4, -0.2) is 24.3 Å². The molecule has 0 bridgehead atoms. The summed E-state index contributed by atoms with van der Waals surface area (Å²) >= 11 is 1.31. The Morgan fingerprint density at radius 1 is 1.08 bits per heavy atom. The Morgan fingerprint density at radius 3 is 2.40 bits per heavy atom. The Kier molecular flexibility index (Phi) is 6.47. The molecular formula is C19H21NO4S. The van der Waals surface area contributed by atoms with Crippen LogP contribution in [0.2, 0.25) is 0 Å². The Balaban J connectivity index is 1.95. The van der Waals surface area contributed by atoms with E-state index >= 15 is 0 Å². The van der Waals surface area contributed by atoms with Crippen LogP contribution in [0, 0.1) is 13.8 Å². The first-order chi connectivity index (χ1) is 11.9. The average Bonchev–Trinajstić information content (AvgIpc) is 2.94. The number of amides is 1. The Hall–Kier alpha value is -2.47. The number of hydrogen-bond acceptors (Lipinski definition) is 5. The van der Waals surface area contributed by atoms with E-state index in [1.54, 1.807) is 25.1 Å². The molecule has 0 saturated carbocycles. The van der Waals surface area contributed by atoms with Crippen LogP contribution in [-0.2, 0) is 9.53 Å². The lowest BCUT2D eigenvalue weighted by molar-refractivity contribution is -0.116. The largest absolute Gasteiger partial charge is 0.462 e. The minimum atomic E-state index is -0.460. The molecule has 0 aliphatic rings. The number of ether oxygens (including phenoxy) is 1. The molecule has 1 heterocycles. The number of esters is 1. The summed E-state index contributed by atoms with van der Waals surface area (Å²) in [5.74, 6) is -0.839. The molecule has 2 aromatic rings. The lowest BCUT2D eigenvalue weighted by atomic mass is 10.1. The van der Waals surface area contributed by atoms with Crippen LogP contribution in [0.5, 0.6) is 0 Å². The molecule has 1 amide bonds. The monoisotopic (exact) mass is 359 g/mol. The average molecular weight is 359 g/mol. The Morgan fingerprint density at radius 2 is 1.76 bits per heavy atom. The van der Waals surface area contributed by atoms with Crippen molar-refractivity contribution >= 4 is 34.0 Å². The van der Waals surface area contributed by atoms with E-state index in [4.69, 9.17) is 4.74 Å². The molecule has 0 aliphatic heterocycles. The predicted octanol–water partition coefficient (Wildman–Crippen LogP) is 4.14. The van der Waals surface area contributed by atoms with Crippen molar-refractivity contribution in [3.63, 3.8) is 0 Å². The molecular weight excluding hydrogens is 338 g/mol. The predicted molar refractivity (Wildman–Crippen MR) is 98.4 cm³/mol. The van der Waals surface area contributed by atoms with E-state index in [2.05, 4.69) is 5.32 Å². The van der Waals surface area contributed by atoms with Crippen molar-refractivity contribution in [2.45, 2.75) is 33.6 Å². The standard InChI is InChI=1S/C19H21NO4S/c1-4-24-19(23)15-11-13(3)25-18(15)20-17(22)10-9-16(21)14-7-5-12(2)6-8-14/h5-8,11H,4,9-10H2,1-3H3,(H,20,22). The number of thiophene rings is 1. The third-order valence-corrected chi connectivity index (χ3v) is 4.52. The van der Waals surface area contributed by atoms with Crippen molar-refractivity contribution in [2.24, 2.45) is 0 Å². The van der Waals surface area contributed by atoms with Gasteiger partial charge in [0, 0.05) is 23.3 Å². The fourth-order valence-electron chi connectivity index (χ4n) is 2.27. The number of carbonyl (C=O) groups excluding carboxylic acids is 3. The zero-order valence-corrected chi connectivity index (χ0v) is 15.4. The number of Topliss-reactive ketones (excluding diaryl/α,β-unsaturated/α-hetero) is 1. The molecule has 1 aromatic heterocycles. The van der Waals surface area contributed by atoms with Crippen LogP contribution in [0.25, 0.3) is 0 Å². The van der Waals surface area contributed by atoms with Gasteiger partial charge in [-0.2, -0.15) is 0 Å². The van der Waals surface area contributed by atoms with Crippen molar-refractivity contribution in [2.75, 3.05) is 11.9 Å². The summed E-state index contributed by atoms with van der Waals surface area (Å²) in [6, 6.07) is 8.95. The van der Waals surface area contributed by atoms with Gasteiger partial charge in [0.25, 0.3) is 0 Å². The molecule has 1 aromatic carbocycles. The van der Waals surface area contributed by atoms with Crippen molar-refractivity contribution in [1.82, 2.24) is 0 Å². The molecule has 0 fully saturated rings. The fraction of sp³-hybridized carbons (Fsp3) is 0.316. The number of hydrogen-bond donors (Lipinski definition) is 1. The molecule has 5 nitrogen and oxygen atoms in total. The van der Waals surface area contributed by atoms with Crippen molar-refractivity contribution in [3.8, 4) is 0 Å². The zero-order valence-electron chi connectivity index (χ0n) is 14.5. The highest BCUT2D eigenvalue weighted by atomic mass is 32.1. The summed E-state index contributed by atoms with van der Waals surface area (Å²) in [5.41, 5.74) is 2.02. The minimum absolute atomic E-state index is 0.0614. The van der Waals surface area contributed by atoms with Crippen LogP contribution in [0.15, 0.2) is 30.3 Å². The second kappa shape index (κ2) is 8.58. The molecule has 0 atom stereocenters. The summed E-state index contributed by atoms with van der Waals surface area (Å²) in [4.78, 5) is 37.1. The van der Waals surface area contributed by atoms with Crippen molar-refractivity contribution in [3.05, 3.63) is 51.9 Å². The van der Waals surface area contributed by atoms with Gasteiger partial charge in [-0.25, -0.2) is 4.79 Å². The second-order valence-electron chi connectivity index (χ2n) is 5.66. The fourth-order valence-corrected chi connectivity index (χ4v) is 3.18. The molecule has 0 unspecified atom stereocenters. The number of ketones is 1. The summed E-state index contributed by atoms with van der Waals surface area (Å²) < 4.78 is 4.99. The summed E-state index contributed by atoms with van der Waals surface area (Å²) in [5, 5.41) is 3.17. The smallest absolute Gasteiger partial charge is 0.341 e. The summed E-state index contributed by atoms with van der Waals surface area (Å²) in [7, 11) is 0. The summed E-state index contributed by atoms with van der Waals surface area (Å²) in [6.45, 7) is 5.80. The highest BCUT2D eigenvalue weighted by Gasteiger charge is 2.18. The first-order valence-corrected chi connectivity index (χ1v) is 8.89. The molecule has 0 spiro atoms. The maximum atomic E-state index is 12.1. The van der Waals surface area contributed by atoms with Gasteiger partial charge < -0.3 is 10.1 Å². The molecule has 132 valence electrons. The second-order valence-corrected chi connectivity index (χ2v) is 6.91. The third-order valence-electron chi connectivity index (χ3n) is 3.56. The first-order valence-electron chi connectivity index (χ1n) is 8.08. The van der Waals surface area contributed by atoms with Gasteiger partial charge >= 0.3 is 5.97 Å². The molecule has 0 aliphatic carbocycles. The maximum Gasteiger partial charge on any atom is 0.341 e. The first kappa shape index (κ1) is 18.9. The quantitative estimate of drug-likeness (QED) is 0.595. The topological polar surface area (TPSA) is 72.5 Å². The number of aryl methyl sites for hydroxylation is 2. The van der Waals surface area contributed by atoms with Crippen molar-refractivity contribution < 1.29 is 19.1 Å². The van der Waals surface area contributed by atoms with E-state index < -0.39 is 5.97 Å². The highest BCUT2D eigenvalue weighted by Crippen LogP contribution is 2.28. The molecule has 6 heteroatoms. The Labute approximate surface area is 151 Å². The number of rotatable bonds is 7. The van der Waals surface area contributed by atoms with Crippen LogP contribution >= 0.6 is 11.3 Å². The number of carbonyl (C=O) groups is 3. The van der Waals surface area contributed by atoms with E-state index in [1.807, 2.05) is 26.0 Å². The van der Waals surface area contributed by atoms with Gasteiger partial charge in [0.2, 0.25) is 5.91 Å².